The molecule has 0 amide bonds. The lowest BCUT2D eigenvalue weighted by Gasteiger charge is -2.39. The molecular formula is C10H20N2O. The first-order chi connectivity index (χ1) is 5.92. The molecular weight excluding hydrogens is 164 g/mol. The lowest BCUT2D eigenvalue weighted by Crippen LogP contribution is -2.53. The van der Waals surface area contributed by atoms with E-state index in [0.29, 0.717) is 6.61 Å². The molecule has 0 saturated carbocycles. The summed E-state index contributed by atoms with van der Waals surface area (Å²) in [6.45, 7) is 9.83. The minimum Gasteiger partial charge on any atom is -0.479 e. The second-order valence-electron chi connectivity index (χ2n) is 4.43. The van der Waals surface area contributed by atoms with Crippen LogP contribution in [0.1, 0.15) is 34.1 Å². The maximum Gasteiger partial charge on any atom is 0.191 e. The van der Waals surface area contributed by atoms with Gasteiger partial charge in [0.2, 0.25) is 0 Å². The summed E-state index contributed by atoms with van der Waals surface area (Å²) < 4.78 is 5.48. The van der Waals surface area contributed by atoms with Crippen molar-refractivity contribution in [1.29, 1.82) is 0 Å². The number of aliphatic imine (C=N–C) groups is 1. The second-order valence-corrected chi connectivity index (χ2v) is 4.43. The van der Waals surface area contributed by atoms with Gasteiger partial charge >= 0.3 is 0 Å². The Hall–Kier alpha value is -0.570. The number of nitrogens with zero attached hydrogens (tertiary/aromatic N) is 1. The highest BCUT2D eigenvalue weighted by molar-refractivity contribution is 5.84. The Morgan fingerprint density at radius 2 is 2.08 bits per heavy atom. The van der Waals surface area contributed by atoms with Gasteiger partial charge in [0.15, 0.2) is 5.90 Å². The molecule has 13 heavy (non-hydrogen) atoms. The van der Waals surface area contributed by atoms with Gasteiger partial charge in [0.25, 0.3) is 0 Å². The third kappa shape index (κ3) is 1.70. The monoisotopic (exact) mass is 184 g/mol. The first-order valence-electron chi connectivity index (χ1n) is 4.88. The van der Waals surface area contributed by atoms with Gasteiger partial charge in [-0.15, -0.1) is 0 Å². The SMILES string of the molecule is CCC(C)(N)C(C)(C)C1=NCCO1. The largest absolute Gasteiger partial charge is 0.479 e. The van der Waals surface area contributed by atoms with Gasteiger partial charge < -0.3 is 10.5 Å². The maximum atomic E-state index is 6.21. The van der Waals surface area contributed by atoms with Crippen LogP contribution in [0.15, 0.2) is 4.99 Å². The number of hydrogen-bond donors (Lipinski definition) is 1. The average molecular weight is 184 g/mol. The Labute approximate surface area is 80.4 Å². The Morgan fingerprint density at radius 1 is 1.46 bits per heavy atom. The van der Waals surface area contributed by atoms with E-state index in [1.165, 1.54) is 0 Å². The normalized spacial score (nSPS) is 22.1. The molecule has 0 aromatic carbocycles. The third-order valence-electron chi connectivity index (χ3n) is 3.28. The Balaban J connectivity index is 2.86. The molecule has 1 atom stereocenters. The summed E-state index contributed by atoms with van der Waals surface area (Å²) in [6, 6.07) is 0. The van der Waals surface area contributed by atoms with Gasteiger partial charge in [-0.25, -0.2) is 0 Å². The van der Waals surface area contributed by atoms with Crippen LogP contribution in [-0.2, 0) is 4.74 Å². The fraction of sp³-hybridized carbons (Fsp3) is 0.900. The molecule has 0 aromatic rings. The van der Waals surface area contributed by atoms with Gasteiger partial charge in [0.1, 0.15) is 6.61 Å². The molecule has 2 N–H and O–H groups in total. The lowest BCUT2D eigenvalue weighted by molar-refractivity contribution is 0.205. The molecule has 1 heterocycles. The van der Waals surface area contributed by atoms with Crippen LogP contribution in [-0.4, -0.2) is 24.6 Å². The Kier molecular flexibility index (Phi) is 2.66. The zero-order chi connectivity index (χ0) is 10.1. The first kappa shape index (κ1) is 10.5. The summed E-state index contributed by atoms with van der Waals surface area (Å²) in [6.07, 6.45) is 0.919. The predicted molar refractivity (Wildman–Crippen MR) is 54.9 cm³/mol. The number of ether oxygens (including phenoxy) is 1. The lowest BCUT2D eigenvalue weighted by atomic mass is 9.72. The van der Waals surface area contributed by atoms with Gasteiger partial charge in [0.05, 0.1) is 12.0 Å². The smallest absolute Gasteiger partial charge is 0.191 e. The zero-order valence-corrected chi connectivity index (χ0v) is 9.05. The van der Waals surface area contributed by atoms with Crippen LogP contribution in [0.25, 0.3) is 0 Å². The third-order valence-corrected chi connectivity index (χ3v) is 3.28. The highest BCUT2D eigenvalue weighted by atomic mass is 16.5. The standard InChI is InChI=1S/C10H20N2O/c1-5-10(4,11)9(2,3)8-12-6-7-13-8/h5-7,11H2,1-4H3. The number of hydrogen-bond acceptors (Lipinski definition) is 3. The summed E-state index contributed by atoms with van der Waals surface area (Å²) in [5, 5.41) is 0. The van der Waals surface area contributed by atoms with Crippen molar-refractivity contribution in [2.75, 3.05) is 13.2 Å². The quantitative estimate of drug-likeness (QED) is 0.723. The van der Waals surface area contributed by atoms with Crippen molar-refractivity contribution in [2.45, 2.75) is 39.7 Å². The number of rotatable bonds is 3. The van der Waals surface area contributed by atoms with Crippen molar-refractivity contribution in [3.05, 3.63) is 0 Å². The van der Waals surface area contributed by atoms with E-state index < -0.39 is 0 Å². The molecule has 1 aliphatic rings. The molecule has 3 nitrogen and oxygen atoms in total. The second kappa shape index (κ2) is 3.29. The molecule has 1 unspecified atom stereocenters. The van der Waals surface area contributed by atoms with Crippen molar-refractivity contribution >= 4 is 5.90 Å². The van der Waals surface area contributed by atoms with Gasteiger partial charge in [-0.05, 0) is 27.2 Å². The van der Waals surface area contributed by atoms with Crippen LogP contribution >= 0.6 is 0 Å². The van der Waals surface area contributed by atoms with E-state index in [9.17, 15) is 0 Å². The highest BCUT2D eigenvalue weighted by Gasteiger charge is 2.42. The minimum atomic E-state index is -0.254. The van der Waals surface area contributed by atoms with E-state index in [0.717, 1.165) is 18.9 Å². The topological polar surface area (TPSA) is 47.6 Å². The van der Waals surface area contributed by atoms with E-state index in [-0.39, 0.29) is 11.0 Å². The van der Waals surface area contributed by atoms with Crippen molar-refractivity contribution < 1.29 is 4.74 Å². The summed E-state index contributed by atoms with van der Waals surface area (Å²) in [5.41, 5.74) is 5.79. The van der Waals surface area contributed by atoms with Crippen LogP contribution in [0.2, 0.25) is 0 Å². The van der Waals surface area contributed by atoms with Gasteiger partial charge in [-0.1, -0.05) is 6.92 Å². The fourth-order valence-electron chi connectivity index (χ4n) is 1.40. The Morgan fingerprint density at radius 3 is 2.46 bits per heavy atom. The molecule has 0 bridgehead atoms. The van der Waals surface area contributed by atoms with Gasteiger partial charge in [-0.3, -0.25) is 4.99 Å². The molecule has 0 radical (unpaired) electrons. The van der Waals surface area contributed by atoms with Crippen LogP contribution in [0.3, 0.4) is 0 Å². The number of nitrogens with two attached hydrogens (primary N) is 1. The van der Waals surface area contributed by atoms with E-state index in [1.54, 1.807) is 0 Å². The summed E-state index contributed by atoms with van der Waals surface area (Å²) in [4.78, 5) is 4.34. The van der Waals surface area contributed by atoms with Gasteiger partial charge in [0, 0.05) is 5.54 Å². The predicted octanol–water partition coefficient (Wildman–Crippen LogP) is 1.57. The van der Waals surface area contributed by atoms with Crippen LogP contribution in [0.5, 0.6) is 0 Å². The summed E-state index contributed by atoms with van der Waals surface area (Å²) in [7, 11) is 0. The summed E-state index contributed by atoms with van der Waals surface area (Å²) >= 11 is 0. The van der Waals surface area contributed by atoms with Crippen LogP contribution < -0.4 is 5.73 Å². The van der Waals surface area contributed by atoms with E-state index in [4.69, 9.17) is 10.5 Å². The highest BCUT2D eigenvalue weighted by Crippen LogP contribution is 2.34. The van der Waals surface area contributed by atoms with Crippen molar-refractivity contribution in [3.63, 3.8) is 0 Å². The van der Waals surface area contributed by atoms with Crippen LogP contribution in [0, 0.1) is 5.41 Å². The van der Waals surface area contributed by atoms with E-state index >= 15 is 0 Å². The molecule has 1 rings (SSSR count). The molecule has 0 spiro atoms. The zero-order valence-electron chi connectivity index (χ0n) is 9.05. The Bertz CT molecular complexity index is 219. The maximum absolute atomic E-state index is 6.21. The fourth-order valence-corrected chi connectivity index (χ4v) is 1.40. The molecule has 1 aliphatic heterocycles. The van der Waals surface area contributed by atoms with Crippen molar-refractivity contribution in [1.82, 2.24) is 0 Å². The molecule has 0 saturated heterocycles. The average Bonchev–Trinajstić information content (AvgIpc) is 2.56. The van der Waals surface area contributed by atoms with Crippen molar-refractivity contribution in [2.24, 2.45) is 16.1 Å². The van der Waals surface area contributed by atoms with Crippen LogP contribution in [0.4, 0.5) is 0 Å². The molecule has 0 aliphatic carbocycles. The molecule has 76 valence electrons. The minimum absolute atomic E-state index is 0.168. The van der Waals surface area contributed by atoms with Crippen molar-refractivity contribution in [3.8, 4) is 0 Å². The molecule has 0 aromatic heterocycles. The summed E-state index contributed by atoms with van der Waals surface area (Å²) in [5.74, 6) is 0.819. The van der Waals surface area contributed by atoms with Gasteiger partial charge in [-0.2, -0.15) is 0 Å². The van der Waals surface area contributed by atoms with E-state index in [1.807, 2.05) is 0 Å². The molecule has 0 fully saturated rings. The molecule has 3 heteroatoms. The first-order valence-corrected chi connectivity index (χ1v) is 4.88. The van der Waals surface area contributed by atoms with E-state index in [2.05, 4.69) is 32.7 Å².